The van der Waals surface area contributed by atoms with Gasteiger partial charge < -0.3 is 0 Å². The predicted octanol–water partition coefficient (Wildman–Crippen LogP) is 1.36. The SMILES string of the molecule is C#CCn1c(C(F)(F)F)[c]sc1=O. The van der Waals surface area contributed by atoms with Gasteiger partial charge in [0.15, 0.2) is 0 Å². The summed E-state index contributed by atoms with van der Waals surface area (Å²) in [6, 6.07) is 0. The van der Waals surface area contributed by atoms with E-state index < -0.39 is 16.7 Å². The van der Waals surface area contributed by atoms with Crippen molar-refractivity contribution in [3.63, 3.8) is 0 Å². The fraction of sp³-hybridized carbons (Fsp3) is 0.286. The average molecular weight is 206 g/mol. The number of aromatic nitrogens is 1. The molecule has 0 aliphatic carbocycles. The number of thiazole rings is 1. The van der Waals surface area contributed by atoms with Crippen LogP contribution in [-0.4, -0.2) is 4.57 Å². The van der Waals surface area contributed by atoms with Gasteiger partial charge in [-0.2, -0.15) is 13.2 Å². The highest BCUT2D eigenvalue weighted by molar-refractivity contribution is 7.06. The van der Waals surface area contributed by atoms with Crippen LogP contribution in [0.4, 0.5) is 13.2 Å². The van der Waals surface area contributed by atoms with Crippen molar-refractivity contribution in [3.05, 3.63) is 20.7 Å². The Morgan fingerprint density at radius 2 is 2.23 bits per heavy atom. The van der Waals surface area contributed by atoms with E-state index in [1.807, 2.05) is 11.3 Å². The van der Waals surface area contributed by atoms with E-state index in [0.717, 1.165) is 0 Å². The molecule has 6 heteroatoms. The maximum atomic E-state index is 12.1. The molecule has 0 bridgehead atoms. The predicted molar refractivity (Wildman–Crippen MR) is 41.2 cm³/mol. The van der Waals surface area contributed by atoms with Crippen molar-refractivity contribution in [2.45, 2.75) is 12.7 Å². The van der Waals surface area contributed by atoms with Crippen LogP contribution in [0.2, 0.25) is 0 Å². The first-order valence-electron chi connectivity index (χ1n) is 3.08. The molecule has 1 radical (unpaired) electrons. The molecule has 1 aromatic rings. The van der Waals surface area contributed by atoms with Crippen molar-refractivity contribution in [2.24, 2.45) is 0 Å². The number of hydrogen-bond acceptors (Lipinski definition) is 2. The number of hydrogen-bond donors (Lipinski definition) is 0. The molecule has 69 valence electrons. The van der Waals surface area contributed by atoms with Crippen LogP contribution >= 0.6 is 11.3 Å². The summed E-state index contributed by atoms with van der Waals surface area (Å²) in [5.41, 5.74) is -1.11. The van der Waals surface area contributed by atoms with E-state index in [2.05, 4.69) is 0 Å². The van der Waals surface area contributed by atoms with Crippen LogP contribution in [0, 0.1) is 17.7 Å². The van der Waals surface area contributed by atoms with E-state index in [0.29, 0.717) is 15.9 Å². The fourth-order valence-corrected chi connectivity index (χ4v) is 1.42. The molecule has 0 spiro atoms. The van der Waals surface area contributed by atoms with Crippen LogP contribution in [0.5, 0.6) is 0 Å². The smallest absolute Gasteiger partial charge is 0.282 e. The molecule has 0 saturated carbocycles. The lowest BCUT2D eigenvalue weighted by Crippen LogP contribution is -2.20. The van der Waals surface area contributed by atoms with Gasteiger partial charge in [-0.1, -0.05) is 17.3 Å². The van der Waals surface area contributed by atoms with Gasteiger partial charge in [-0.05, 0) is 0 Å². The van der Waals surface area contributed by atoms with E-state index >= 15 is 0 Å². The Morgan fingerprint density at radius 1 is 1.62 bits per heavy atom. The van der Waals surface area contributed by atoms with Crippen molar-refractivity contribution in [1.82, 2.24) is 4.57 Å². The van der Waals surface area contributed by atoms with E-state index in [1.165, 1.54) is 0 Å². The Bertz CT molecular complexity index is 395. The fourth-order valence-electron chi connectivity index (χ4n) is 0.739. The van der Waals surface area contributed by atoms with Gasteiger partial charge in [-0.25, -0.2) is 0 Å². The van der Waals surface area contributed by atoms with Gasteiger partial charge in [0.2, 0.25) is 0 Å². The van der Waals surface area contributed by atoms with Gasteiger partial charge in [-0.3, -0.25) is 9.36 Å². The minimum absolute atomic E-state index is 0.365. The van der Waals surface area contributed by atoms with Crippen molar-refractivity contribution < 1.29 is 13.2 Å². The van der Waals surface area contributed by atoms with Gasteiger partial charge in [0.1, 0.15) is 5.69 Å². The normalized spacial score (nSPS) is 11.2. The molecule has 0 aliphatic rings. The zero-order valence-corrected chi connectivity index (χ0v) is 7.00. The molecule has 13 heavy (non-hydrogen) atoms. The number of terminal acetylenes is 1. The second kappa shape index (κ2) is 3.26. The molecule has 0 aliphatic heterocycles. The monoisotopic (exact) mass is 206 g/mol. The average Bonchev–Trinajstić information content (AvgIpc) is 2.32. The highest BCUT2D eigenvalue weighted by atomic mass is 32.1. The lowest BCUT2D eigenvalue weighted by atomic mass is 10.4. The zero-order valence-electron chi connectivity index (χ0n) is 6.18. The molecule has 0 aromatic carbocycles. The minimum atomic E-state index is -4.57. The van der Waals surface area contributed by atoms with Crippen molar-refractivity contribution in [3.8, 4) is 12.3 Å². The summed E-state index contributed by atoms with van der Waals surface area (Å²) in [4.78, 5) is 10.1. The Kier molecular flexibility index (Phi) is 2.48. The molecular formula is C7H3F3NOS. The number of nitrogens with zero attached hydrogens (tertiary/aromatic N) is 1. The third-order valence-electron chi connectivity index (χ3n) is 1.24. The first-order chi connectivity index (χ1) is 5.96. The second-order valence-corrected chi connectivity index (χ2v) is 2.86. The third kappa shape index (κ3) is 1.92. The largest absolute Gasteiger partial charge is 0.433 e. The standard InChI is InChI=1S/C7H3F3NOS/c1-2-3-11-5(7(8,9)10)4-13-6(11)12/h1H,3H2. The summed E-state index contributed by atoms with van der Waals surface area (Å²) in [7, 11) is 0. The maximum absolute atomic E-state index is 12.1. The molecule has 0 saturated heterocycles. The quantitative estimate of drug-likeness (QED) is 0.636. The van der Waals surface area contributed by atoms with Gasteiger partial charge in [0, 0.05) is 0 Å². The molecule has 0 unspecified atom stereocenters. The van der Waals surface area contributed by atoms with Crippen LogP contribution in [0.15, 0.2) is 4.79 Å². The summed E-state index contributed by atoms with van der Waals surface area (Å²) in [5.74, 6) is 1.97. The van der Waals surface area contributed by atoms with Gasteiger partial charge in [0.05, 0.1) is 11.9 Å². The van der Waals surface area contributed by atoms with E-state index in [-0.39, 0.29) is 6.54 Å². The number of alkyl halides is 3. The van der Waals surface area contributed by atoms with Gasteiger partial charge in [-0.15, -0.1) is 6.42 Å². The summed E-state index contributed by atoms with van der Waals surface area (Å²) in [6.07, 6.45) is 0.241. The topological polar surface area (TPSA) is 22.0 Å². The van der Waals surface area contributed by atoms with Crippen molar-refractivity contribution in [2.75, 3.05) is 0 Å². The Labute approximate surface area is 75.6 Å². The summed E-state index contributed by atoms with van der Waals surface area (Å²) in [6.45, 7) is -0.381. The Balaban J connectivity index is 3.25. The van der Waals surface area contributed by atoms with Crippen LogP contribution in [0.25, 0.3) is 0 Å². The maximum Gasteiger partial charge on any atom is 0.433 e. The van der Waals surface area contributed by atoms with Gasteiger partial charge >= 0.3 is 11.0 Å². The van der Waals surface area contributed by atoms with Crippen molar-refractivity contribution in [1.29, 1.82) is 0 Å². The van der Waals surface area contributed by atoms with Crippen LogP contribution in [0.3, 0.4) is 0 Å². The Morgan fingerprint density at radius 3 is 2.69 bits per heavy atom. The lowest BCUT2D eigenvalue weighted by molar-refractivity contribution is -0.143. The molecule has 1 aromatic heterocycles. The molecule has 1 heterocycles. The number of halogens is 3. The number of rotatable bonds is 1. The Hall–Kier alpha value is -1.22. The highest BCUT2D eigenvalue weighted by Gasteiger charge is 2.35. The highest BCUT2D eigenvalue weighted by Crippen LogP contribution is 2.28. The molecule has 0 amide bonds. The van der Waals surface area contributed by atoms with E-state index in [1.54, 1.807) is 0 Å². The van der Waals surface area contributed by atoms with E-state index in [4.69, 9.17) is 6.42 Å². The molecular weight excluding hydrogens is 203 g/mol. The van der Waals surface area contributed by atoms with Gasteiger partial charge in [0.25, 0.3) is 0 Å². The van der Waals surface area contributed by atoms with Crippen LogP contribution < -0.4 is 4.87 Å². The molecule has 1 rings (SSSR count). The first kappa shape index (κ1) is 9.86. The first-order valence-corrected chi connectivity index (χ1v) is 3.90. The third-order valence-corrected chi connectivity index (χ3v) is 1.93. The second-order valence-electron chi connectivity index (χ2n) is 2.11. The molecule has 2 nitrogen and oxygen atoms in total. The van der Waals surface area contributed by atoms with E-state index in [9.17, 15) is 18.0 Å². The molecule has 0 atom stereocenters. The molecule has 0 N–H and O–H groups in total. The summed E-state index contributed by atoms with van der Waals surface area (Å²) in [5, 5.41) is 1.87. The lowest BCUT2D eigenvalue weighted by Gasteiger charge is -2.06. The summed E-state index contributed by atoms with van der Waals surface area (Å²) >= 11 is 0.365. The summed E-state index contributed by atoms with van der Waals surface area (Å²) < 4.78 is 36.9. The minimum Gasteiger partial charge on any atom is -0.282 e. The van der Waals surface area contributed by atoms with Crippen LogP contribution in [0.1, 0.15) is 5.69 Å². The molecule has 0 fully saturated rings. The zero-order chi connectivity index (χ0) is 10.1. The van der Waals surface area contributed by atoms with Crippen LogP contribution in [-0.2, 0) is 12.7 Å². The van der Waals surface area contributed by atoms with Crippen molar-refractivity contribution >= 4 is 11.3 Å².